The molecule has 1 unspecified atom stereocenters. The standard InChI is InChI=1S/C13H17FN2O/c1-9(10-5-3-2-4-6-10)16-8-11(14)7-12(16)13(15)17/h2-6,9,11-12H,7-8H2,1H3,(H2,15,17)/t9?,11-,12+/m0/s1. The number of rotatable bonds is 3. The molecule has 1 fully saturated rings. The Balaban J connectivity index is 2.18. The molecule has 0 bridgehead atoms. The quantitative estimate of drug-likeness (QED) is 0.867. The van der Waals surface area contributed by atoms with Crippen molar-refractivity contribution in [2.75, 3.05) is 6.54 Å². The number of likely N-dealkylation sites (tertiary alicyclic amines) is 1. The van der Waals surface area contributed by atoms with Gasteiger partial charge in [0.05, 0.1) is 6.04 Å². The molecule has 2 N–H and O–H groups in total. The molecule has 1 heterocycles. The lowest BCUT2D eigenvalue weighted by Crippen LogP contribution is -2.41. The van der Waals surface area contributed by atoms with E-state index in [0.717, 1.165) is 5.56 Å². The molecular formula is C13H17FN2O. The van der Waals surface area contributed by atoms with Gasteiger partial charge in [0.2, 0.25) is 5.91 Å². The number of nitrogens with zero attached hydrogens (tertiary/aromatic N) is 1. The van der Waals surface area contributed by atoms with E-state index in [-0.39, 0.29) is 19.0 Å². The average Bonchev–Trinajstić information content (AvgIpc) is 2.72. The molecule has 92 valence electrons. The minimum absolute atomic E-state index is 0.00875. The van der Waals surface area contributed by atoms with Gasteiger partial charge < -0.3 is 5.73 Å². The van der Waals surface area contributed by atoms with Gasteiger partial charge in [-0.25, -0.2) is 4.39 Å². The van der Waals surface area contributed by atoms with Gasteiger partial charge in [0.1, 0.15) is 6.17 Å². The van der Waals surface area contributed by atoms with Crippen LogP contribution >= 0.6 is 0 Å². The average molecular weight is 236 g/mol. The number of halogens is 1. The van der Waals surface area contributed by atoms with Crippen molar-refractivity contribution in [3.63, 3.8) is 0 Å². The summed E-state index contributed by atoms with van der Waals surface area (Å²) in [5, 5.41) is 0. The van der Waals surface area contributed by atoms with Crippen LogP contribution in [0.25, 0.3) is 0 Å². The van der Waals surface area contributed by atoms with Crippen LogP contribution < -0.4 is 5.73 Å². The smallest absolute Gasteiger partial charge is 0.234 e. The molecule has 1 saturated heterocycles. The highest BCUT2D eigenvalue weighted by molar-refractivity contribution is 5.80. The maximum Gasteiger partial charge on any atom is 0.234 e. The third-order valence-corrected chi connectivity index (χ3v) is 3.40. The van der Waals surface area contributed by atoms with E-state index >= 15 is 0 Å². The fourth-order valence-corrected chi connectivity index (χ4v) is 2.44. The van der Waals surface area contributed by atoms with Crippen molar-refractivity contribution in [3.8, 4) is 0 Å². The van der Waals surface area contributed by atoms with Crippen LogP contribution in [0.4, 0.5) is 4.39 Å². The van der Waals surface area contributed by atoms with Gasteiger partial charge in [0.15, 0.2) is 0 Å². The Morgan fingerprint density at radius 2 is 2.12 bits per heavy atom. The summed E-state index contributed by atoms with van der Waals surface area (Å²) in [6.45, 7) is 2.26. The Morgan fingerprint density at radius 3 is 2.71 bits per heavy atom. The summed E-state index contributed by atoms with van der Waals surface area (Å²) in [7, 11) is 0. The largest absolute Gasteiger partial charge is 0.368 e. The SMILES string of the molecule is CC(c1ccccc1)N1C[C@@H](F)C[C@@H]1C(N)=O. The van der Waals surface area contributed by atoms with E-state index < -0.39 is 18.1 Å². The van der Waals surface area contributed by atoms with Crippen LogP contribution in [0, 0.1) is 0 Å². The minimum Gasteiger partial charge on any atom is -0.368 e. The van der Waals surface area contributed by atoms with Crippen LogP contribution in [0.5, 0.6) is 0 Å². The number of carbonyl (C=O) groups excluding carboxylic acids is 1. The highest BCUT2D eigenvalue weighted by atomic mass is 19.1. The topological polar surface area (TPSA) is 46.3 Å². The number of nitrogens with two attached hydrogens (primary N) is 1. The first-order valence-electron chi connectivity index (χ1n) is 5.83. The third-order valence-electron chi connectivity index (χ3n) is 3.40. The lowest BCUT2D eigenvalue weighted by Gasteiger charge is -2.28. The molecule has 0 spiro atoms. The summed E-state index contributed by atoms with van der Waals surface area (Å²) in [5.41, 5.74) is 6.40. The summed E-state index contributed by atoms with van der Waals surface area (Å²) in [5.74, 6) is -0.437. The van der Waals surface area contributed by atoms with E-state index in [1.807, 2.05) is 42.2 Å². The van der Waals surface area contributed by atoms with Gasteiger partial charge in [0.25, 0.3) is 0 Å². The second kappa shape index (κ2) is 4.84. The predicted molar refractivity (Wildman–Crippen MR) is 64.1 cm³/mol. The number of hydrogen-bond donors (Lipinski definition) is 1. The van der Waals surface area contributed by atoms with Crippen LogP contribution in [-0.4, -0.2) is 29.6 Å². The molecule has 1 amide bonds. The Labute approximate surface area is 100 Å². The summed E-state index contributed by atoms with van der Waals surface area (Å²) in [6.07, 6.45) is -0.745. The lowest BCUT2D eigenvalue weighted by atomic mass is 10.1. The van der Waals surface area contributed by atoms with E-state index in [2.05, 4.69) is 0 Å². The van der Waals surface area contributed by atoms with Crippen LogP contribution in [0.15, 0.2) is 30.3 Å². The van der Waals surface area contributed by atoms with Crippen LogP contribution in [-0.2, 0) is 4.79 Å². The van der Waals surface area contributed by atoms with Crippen molar-refractivity contribution < 1.29 is 9.18 Å². The second-order valence-electron chi connectivity index (χ2n) is 4.53. The molecule has 17 heavy (non-hydrogen) atoms. The maximum absolute atomic E-state index is 13.4. The van der Waals surface area contributed by atoms with Crippen molar-refractivity contribution in [1.82, 2.24) is 4.90 Å². The zero-order valence-corrected chi connectivity index (χ0v) is 9.84. The first-order chi connectivity index (χ1) is 8.09. The summed E-state index contributed by atoms with van der Waals surface area (Å²) >= 11 is 0. The van der Waals surface area contributed by atoms with Crippen LogP contribution in [0.2, 0.25) is 0 Å². The van der Waals surface area contributed by atoms with Crippen LogP contribution in [0.3, 0.4) is 0 Å². The fourth-order valence-electron chi connectivity index (χ4n) is 2.44. The minimum atomic E-state index is -0.960. The second-order valence-corrected chi connectivity index (χ2v) is 4.53. The lowest BCUT2D eigenvalue weighted by molar-refractivity contribution is -0.122. The first-order valence-corrected chi connectivity index (χ1v) is 5.83. The van der Waals surface area contributed by atoms with E-state index in [4.69, 9.17) is 5.73 Å². The molecule has 0 aliphatic carbocycles. The molecular weight excluding hydrogens is 219 g/mol. The highest BCUT2D eigenvalue weighted by Gasteiger charge is 2.38. The van der Waals surface area contributed by atoms with Crippen molar-refractivity contribution in [1.29, 1.82) is 0 Å². The molecule has 1 aromatic carbocycles. The summed E-state index contributed by atoms with van der Waals surface area (Å²) in [4.78, 5) is 13.2. The zero-order chi connectivity index (χ0) is 12.4. The Kier molecular flexibility index (Phi) is 3.43. The van der Waals surface area contributed by atoms with Gasteiger partial charge in [-0.2, -0.15) is 0 Å². The fraction of sp³-hybridized carbons (Fsp3) is 0.462. The van der Waals surface area contributed by atoms with Crippen LogP contribution in [0.1, 0.15) is 24.9 Å². The van der Waals surface area contributed by atoms with Gasteiger partial charge in [0, 0.05) is 19.0 Å². The van der Waals surface area contributed by atoms with E-state index in [1.165, 1.54) is 0 Å². The number of alkyl halides is 1. The van der Waals surface area contributed by atoms with Crippen molar-refractivity contribution >= 4 is 5.91 Å². The number of benzene rings is 1. The monoisotopic (exact) mass is 236 g/mol. The van der Waals surface area contributed by atoms with E-state index in [1.54, 1.807) is 0 Å². The molecule has 1 aliphatic heterocycles. The normalized spacial score (nSPS) is 26.9. The molecule has 0 saturated carbocycles. The van der Waals surface area contributed by atoms with Gasteiger partial charge >= 0.3 is 0 Å². The van der Waals surface area contributed by atoms with E-state index in [9.17, 15) is 9.18 Å². The number of primary amides is 1. The van der Waals surface area contributed by atoms with E-state index in [0.29, 0.717) is 0 Å². The van der Waals surface area contributed by atoms with Gasteiger partial charge in [-0.15, -0.1) is 0 Å². The molecule has 3 nitrogen and oxygen atoms in total. The maximum atomic E-state index is 13.4. The predicted octanol–water partition coefficient (Wildman–Crippen LogP) is 1.65. The van der Waals surface area contributed by atoms with Gasteiger partial charge in [-0.05, 0) is 12.5 Å². The molecule has 3 atom stereocenters. The zero-order valence-electron chi connectivity index (χ0n) is 9.84. The highest BCUT2D eigenvalue weighted by Crippen LogP contribution is 2.30. The molecule has 2 rings (SSSR count). The molecule has 1 aromatic rings. The van der Waals surface area contributed by atoms with Gasteiger partial charge in [-0.3, -0.25) is 9.69 Å². The first kappa shape index (κ1) is 12.0. The van der Waals surface area contributed by atoms with Gasteiger partial charge in [-0.1, -0.05) is 30.3 Å². The summed E-state index contributed by atoms with van der Waals surface area (Å²) in [6, 6.07) is 9.30. The van der Waals surface area contributed by atoms with Crippen molar-refractivity contribution in [2.24, 2.45) is 5.73 Å². The Hall–Kier alpha value is -1.42. The third kappa shape index (κ3) is 2.47. The molecule has 0 radical (unpaired) electrons. The summed E-state index contributed by atoms with van der Waals surface area (Å²) < 4.78 is 13.4. The van der Waals surface area contributed by atoms with Crippen molar-refractivity contribution in [3.05, 3.63) is 35.9 Å². The number of carbonyl (C=O) groups is 1. The number of hydrogen-bond acceptors (Lipinski definition) is 2. The Bertz CT molecular complexity index is 396. The molecule has 0 aromatic heterocycles. The molecule has 4 heteroatoms. The van der Waals surface area contributed by atoms with Crippen molar-refractivity contribution in [2.45, 2.75) is 31.6 Å². The molecule has 1 aliphatic rings. The Morgan fingerprint density at radius 1 is 1.47 bits per heavy atom. The number of amides is 1.